The van der Waals surface area contributed by atoms with Crippen LogP contribution in [0, 0.1) is 0 Å². The van der Waals surface area contributed by atoms with E-state index < -0.39 is 0 Å². The summed E-state index contributed by atoms with van der Waals surface area (Å²) in [4.78, 5) is 18.5. The summed E-state index contributed by atoms with van der Waals surface area (Å²) in [5, 5.41) is 6.23. The summed E-state index contributed by atoms with van der Waals surface area (Å²) in [7, 11) is 1.61. The van der Waals surface area contributed by atoms with Gasteiger partial charge < -0.3 is 25.0 Å². The highest BCUT2D eigenvalue weighted by Crippen LogP contribution is 2.17. The van der Waals surface area contributed by atoms with E-state index >= 15 is 0 Å². The molecular formula is C18H24Cl2N4O3. The Morgan fingerprint density at radius 1 is 1.26 bits per heavy atom. The monoisotopic (exact) mass is 414 g/mol. The third kappa shape index (κ3) is 6.46. The molecule has 1 atom stereocenters. The molecule has 0 bridgehead atoms. The number of piperazine rings is 1. The maximum Gasteiger partial charge on any atom is 0.322 e. The second-order valence-corrected chi connectivity index (χ2v) is 5.71. The SMILES string of the molecule is COc1ccc(NC(=O)N2CCNC[C@@H]2COc2cccnc2)cc1.Cl.Cl. The predicted octanol–water partition coefficient (Wildman–Crippen LogP) is 2.82. The van der Waals surface area contributed by atoms with Crippen LogP contribution in [0.5, 0.6) is 11.5 Å². The van der Waals surface area contributed by atoms with Crippen molar-refractivity contribution in [3.05, 3.63) is 48.8 Å². The first kappa shape index (κ1) is 22.8. The minimum absolute atomic E-state index is 0. The normalized spacial score (nSPS) is 15.7. The van der Waals surface area contributed by atoms with Gasteiger partial charge in [0.2, 0.25) is 0 Å². The molecule has 2 aromatic rings. The number of aromatic nitrogens is 1. The molecule has 9 heteroatoms. The maximum atomic E-state index is 12.6. The number of carbonyl (C=O) groups excluding carboxylic acids is 1. The van der Waals surface area contributed by atoms with Gasteiger partial charge in [-0.1, -0.05) is 0 Å². The number of hydrogen-bond acceptors (Lipinski definition) is 5. The summed E-state index contributed by atoms with van der Waals surface area (Å²) in [5.74, 6) is 1.45. The highest BCUT2D eigenvalue weighted by Gasteiger charge is 2.27. The van der Waals surface area contributed by atoms with Crippen molar-refractivity contribution in [2.45, 2.75) is 6.04 Å². The van der Waals surface area contributed by atoms with E-state index in [-0.39, 0.29) is 36.9 Å². The zero-order valence-electron chi connectivity index (χ0n) is 15.0. The summed E-state index contributed by atoms with van der Waals surface area (Å²) < 4.78 is 10.9. The molecule has 1 aliphatic rings. The van der Waals surface area contributed by atoms with Crippen molar-refractivity contribution < 1.29 is 14.3 Å². The van der Waals surface area contributed by atoms with E-state index in [0.29, 0.717) is 25.4 Å². The molecule has 7 nitrogen and oxygen atoms in total. The first-order valence-corrected chi connectivity index (χ1v) is 8.21. The number of methoxy groups -OCH3 is 1. The molecule has 1 aliphatic heterocycles. The average Bonchev–Trinajstić information content (AvgIpc) is 2.68. The van der Waals surface area contributed by atoms with Crippen LogP contribution in [-0.4, -0.2) is 55.3 Å². The Morgan fingerprint density at radius 2 is 2.04 bits per heavy atom. The molecule has 0 aliphatic carbocycles. The maximum absolute atomic E-state index is 12.6. The van der Waals surface area contributed by atoms with E-state index in [1.165, 1.54) is 0 Å². The first-order chi connectivity index (χ1) is 12.3. The van der Waals surface area contributed by atoms with Gasteiger partial charge >= 0.3 is 6.03 Å². The number of rotatable bonds is 5. The van der Waals surface area contributed by atoms with Crippen molar-refractivity contribution in [3.63, 3.8) is 0 Å². The highest BCUT2D eigenvalue weighted by molar-refractivity contribution is 5.89. The van der Waals surface area contributed by atoms with Gasteiger partial charge in [0, 0.05) is 31.5 Å². The molecule has 1 saturated heterocycles. The number of halogens is 2. The zero-order valence-corrected chi connectivity index (χ0v) is 16.6. The Morgan fingerprint density at radius 3 is 2.70 bits per heavy atom. The van der Waals surface area contributed by atoms with Gasteiger partial charge in [0.15, 0.2) is 0 Å². The predicted molar refractivity (Wildman–Crippen MR) is 110 cm³/mol. The molecule has 27 heavy (non-hydrogen) atoms. The third-order valence-electron chi connectivity index (χ3n) is 4.03. The zero-order chi connectivity index (χ0) is 17.5. The molecule has 0 saturated carbocycles. The lowest BCUT2D eigenvalue weighted by Crippen LogP contribution is -2.57. The van der Waals surface area contributed by atoms with E-state index in [2.05, 4.69) is 15.6 Å². The molecule has 1 aromatic heterocycles. The highest BCUT2D eigenvalue weighted by atomic mass is 35.5. The summed E-state index contributed by atoms with van der Waals surface area (Å²) in [5.41, 5.74) is 0.733. The second-order valence-electron chi connectivity index (χ2n) is 5.71. The lowest BCUT2D eigenvalue weighted by molar-refractivity contribution is 0.133. The molecule has 2 N–H and O–H groups in total. The van der Waals surface area contributed by atoms with Crippen molar-refractivity contribution in [1.29, 1.82) is 0 Å². The van der Waals surface area contributed by atoms with Crippen LogP contribution in [0.3, 0.4) is 0 Å². The molecule has 1 aromatic carbocycles. The number of ether oxygens (including phenoxy) is 2. The van der Waals surface area contributed by atoms with Crippen LogP contribution in [0.1, 0.15) is 0 Å². The summed E-state index contributed by atoms with van der Waals surface area (Å²) in [6, 6.07) is 10.8. The molecule has 0 radical (unpaired) electrons. The van der Waals surface area contributed by atoms with Crippen LogP contribution >= 0.6 is 24.8 Å². The van der Waals surface area contributed by atoms with Crippen molar-refractivity contribution in [3.8, 4) is 11.5 Å². The molecule has 2 heterocycles. The largest absolute Gasteiger partial charge is 0.497 e. The molecular weight excluding hydrogens is 391 g/mol. The fraction of sp³-hybridized carbons (Fsp3) is 0.333. The minimum atomic E-state index is -0.133. The molecule has 2 amide bonds. The Bertz CT molecular complexity index is 689. The van der Waals surface area contributed by atoms with Crippen LogP contribution in [0.25, 0.3) is 0 Å². The Labute approximate surface area is 171 Å². The van der Waals surface area contributed by atoms with Gasteiger partial charge in [0.05, 0.1) is 19.3 Å². The Hall–Kier alpha value is -2.22. The minimum Gasteiger partial charge on any atom is -0.497 e. The second kappa shape index (κ2) is 11.5. The fourth-order valence-electron chi connectivity index (χ4n) is 2.67. The quantitative estimate of drug-likeness (QED) is 0.786. The van der Waals surface area contributed by atoms with Crippen LogP contribution < -0.4 is 20.1 Å². The average molecular weight is 415 g/mol. The standard InChI is InChI=1S/C18H22N4O3.2ClH/c1-24-16-6-4-14(5-7-16)21-18(23)22-10-9-20-11-15(22)13-25-17-3-2-8-19-12-17;;/h2-8,12,15,20H,9-11,13H2,1H3,(H,21,23);2*1H/t15-;;/m1../s1. The fourth-order valence-corrected chi connectivity index (χ4v) is 2.67. The first-order valence-electron chi connectivity index (χ1n) is 8.21. The number of nitrogens with one attached hydrogen (secondary N) is 2. The van der Waals surface area contributed by atoms with Gasteiger partial charge in [-0.3, -0.25) is 4.98 Å². The lowest BCUT2D eigenvalue weighted by Gasteiger charge is -2.35. The van der Waals surface area contributed by atoms with Gasteiger partial charge in [-0.15, -0.1) is 24.8 Å². The molecule has 0 spiro atoms. The topological polar surface area (TPSA) is 75.7 Å². The number of urea groups is 1. The summed E-state index contributed by atoms with van der Waals surface area (Å²) >= 11 is 0. The summed E-state index contributed by atoms with van der Waals surface area (Å²) in [6.07, 6.45) is 3.36. The van der Waals surface area contributed by atoms with Gasteiger partial charge in [-0.05, 0) is 36.4 Å². The van der Waals surface area contributed by atoms with Gasteiger partial charge in [-0.25, -0.2) is 4.79 Å². The number of amides is 2. The number of benzene rings is 1. The van der Waals surface area contributed by atoms with Gasteiger partial charge in [-0.2, -0.15) is 0 Å². The number of nitrogens with zero attached hydrogens (tertiary/aromatic N) is 2. The number of hydrogen-bond donors (Lipinski definition) is 2. The number of carbonyl (C=O) groups is 1. The van der Waals surface area contributed by atoms with E-state index in [0.717, 1.165) is 18.0 Å². The molecule has 1 fully saturated rings. The molecule has 0 unspecified atom stereocenters. The Kier molecular flexibility index (Phi) is 9.71. The number of pyridine rings is 1. The van der Waals surface area contributed by atoms with E-state index in [9.17, 15) is 4.79 Å². The molecule has 148 valence electrons. The van der Waals surface area contributed by atoms with Crippen molar-refractivity contribution in [2.24, 2.45) is 0 Å². The summed E-state index contributed by atoms with van der Waals surface area (Å²) in [6.45, 7) is 2.49. The molecule has 3 rings (SSSR count). The third-order valence-corrected chi connectivity index (χ3v) is 4.03. The Balaban J connectivity index is 0.00000182. The smallest absolute Gasteiger partial charge is 0.322 e. The van der Waals surface area contributed by atoms with Crippen molar-refractivity contribution >= 4 is 36.5 Å². The van der Waals surface area contributed by atoms with Crippen molar-refractivity contribution in [2.75, 3.05) is 38.7 Å². The van der Waals surface area contributed by atoms with Crippen molar-refractivity contribution in [1.82, 2.24) is 15.2 Å². The van der Waals surface area contributed by atoms with E-state index in [1.807, 2.05) is 36.4 Å². The van der Waals surface area contributed by atoms with Crippen LogP contribution in [-0.2, 0) is 0 Å². The van der Waals surface area contributed by atoms with Crippen LogP contribution in [0.4, 0.5) is 10.5 Å². The van der Waals surface area contributed by atoms with Crippen LogP contribution in [0.15, 0.2) is 48.8 Å². The van der Waals surface area contributed by atoms with E-state index in [4.69, 9.17) is 9.47 Å². The lowest BCUT2D eigenvalue weighted by atomic mass is 10.2. The van der Waals surface area contributed by atoms with E-state index in [1.54, 1.807) is 24.4 Å². The van der Waals surface area contributed by atoms with Gasteiger partial charge in [0.25, 0.3) is 0 Å². The van der Waals surface area contributed by atoms with Gasteiger partial charge in [0.1, 0.15) is 18.1 Å². The number of anilines is 1. The van der Waals surface area contributed by atoms with Crippen LogP contribution in [0.2, 0.25) is 0 Å².